The Labute approximate surface area is 72.2 Å². The predicted octanol–water partition coefficient (Wildman–Crippen LogP) is 2.00. The summed E-state index contributed by atoms with van der Waals surface area (Å²) in [6, 6.07) is 2.16. The van der Waals surface area contributed by atoms with Crippen LogP contribution in [0.25, 0.3) is 0 Å². The van der Waals surface area contributed by atoms with Crippen LogP contribution < -0.4 is 10.6 Å². The molecule has 0 unspecified atom stereocenters. The van der Waals surface area contributed by atoms with Crippen molar-refractivity contribution in [1.82, 2.24) is 4.98 Å². The Kier molecular flexibility index (Phi) is 1.64. The monoisotopic (exact) mass is 163 g/mol. The molecule has 1 aromatic rings. The van der Waals surface area contributed by atoms with Gasteiger partial charge in [-0.25, -0.2) is 4.98 Å². The predicted molar refractivity (Wildman–Crippen MR) is 50.4 cm³/mol. The molecule has 3 heteroatoms. The largest absolute Gasteiger partial charge is 0.365 e. The van der Waals surface area contributed by atoms with E-state index in [1.165, 1.54) is 5.56 Å². The molecule has 12 heavy (non-hydrogen) atoms. The van der Waals surface area contributed by atoms with Crippen molar-refractivity contribution in [2.24, 2.45) is 0 Å². The van der Waals surface area contributed by atoms with Crippen molar-refractivity contribution in [3.63, 3.8) is 0 Å². The summed E-state index contributed by atoms with van der Waals surface area (Å²) in [4.78, 5) is 4.31. The lowest BCUT2D eigenvalue weighted by molar-refractivity contribution is 0.860. The smallest absolute Gasteiger partial charge is 0.150 e. The summed E-state index contributed by atoms with van der Waals surface area (Å²) < 4.78 is 0. The lowest BCUT2D eigenvalue weighted by atomic mass is 10.1. The van der Waals surface area contributed by atoms with Gasteiger partial charge in [-0.05, 0) is 17.5 Å². The Morgan fingerprint density at radius 1 is 1.42 bits per heavy atom. The van der Waals surface area contributed by atoms with Gasteiger partial charge in [0.05, 0.1) is 12.4 Å². The maximum absolute atomic E-state index is 4.31. The zero-order valence-electron chi connectivity index (χ0n) is 7.39. The number of nitrogens with one attached hydrogen (secondary N) is 2. The summed E-state index contributed by atoms with van der Waals surface area (Å²) in [5, 5.41) is 6.37. The van der Waals surface area contributed by atoms with Crippen LogP contribution in [0.1, 0.15) is 25.3 Å². The van der Waals surface area contributed by atoms with Gasteiger partial charge in [0.25, 0.3) is 0 Å². The fraction of sp³-hybridized carbons (Fsp3) is 0.444. The van der Waals surface area contributed by atoms with E-state index >= 15 is 0 Å². The van der Waals surface area contributed by atoms with E-state index in [9.17, 15) is 0 Å². The van der Waals surface area contributed by atoms with Gasteiger partial charge in [0.2, 0.25) is 0 Å². The first-order chi connectivity index (χ1) is 5.77. The van der Waals surface area contributed by atoms with E-state index in [1.807, 2.05) is 6.20 Å². The molecule has 3 nitrogen and oxygen atoms in total. The van der Waals surface area contributed by atoms with Gasteiger partial charge in [-0.2, -0.15) is 0 Å². The Morgan fingerprint density at radius 3 is 3.00 bits per heavy atom. The third kappa shape index (κ3) is 1.11. The molecule has 0 radical (unpaired) electrons. The molecule has 0 bridgehead atoms. The van der Waals surface area contributed by atoms with E-state index in [2.05, 4.69) is 35.5 Å². The van der Waals surface area contributed by atoms with Gasteiger partial charge in [0.15, 0.2) is 5.82 Å². The third-order valence-electron chi connectivity index (χ3n) is 2.11. The summed E-state index contributed by atoms with van der Waals surface area (Å²) in [6.45, 7) is 5.14. The van der Waals surface area contributed by atoms with E-state index in [-0.39, 0.29) is 0 Å². The average molecular weight is 163 g/mol. The second kappa shape index (κ2) is 2.66. The van der Waals surface area contributed by atoms with Crippen molar-refractivity contribution in [3.8, 4) is 0 Å². The van der Waals surface area contributed by atoms with E-state index in [0.717, 1.165) is 18.2 Å². The Bertz CT molecular complexity index is 294. The molecule has 1 aromatic heterocycles. The Balaban J connectivity index is 2.39. The molecule has 1 aliphatic heterocycles. The van der Waals surface area contributed by atoms with Gasteiger partial charge < -0.3 is 10.6 Å². The zero-order valence-corrected chi connectivity index (χ0v) is 7.39. The molecule has 2 rings (SSSR count). The molecule has 0 aliphatic carbocycles. The highest BCUT2D eigenvalue weighted by atomic mass is 15.2. The second-order valence-electron chi connectivity index (χ2n) is 3.35. The molecule has 0 fully saturated rings. The minimum Gasteiger partial charge on any atom is -0.365 e. The highest BCUT2D eigenvalue weighted by Crippen LogP contribution is 2.26. The van der Waals surface area contributed by atoms with Crippen molar-refractivity contribution in [2.75, 3.05) is 17.3 Å². The van der Waals surface area contributed by atoms with Crippen molar-refractivity contribution >= 4 is 11.5 Å². The van der Waals surface area contributed by atoms with Crippen LogP contribution in [-0.2, 0) is 0 Å². The quantitative estimate of drug-likeness (QED) is 0.665. The molecule has 0 spiro atoms. The highest BCUT2D eigenvalue weighted by Gasteiger charge is 2.11. The summed E-state index contributed by atoms with van der Waals surface area (Å²) in [5.41, 5.74) is 2.41. The summed E-state index contributed by atoms with van der Waals surface area (Å²) in [7, 11) is 0. The van der Waals surface area contributed by atoms with Gasteiger partial charge in [0, 0.05) is 6.20 Å². The first-order valence-corrected chi connectivity index (χ1v) is 4.25. The number of anilines is 2. The molecule has 0 amide bonds. The highest BCUT2D eigenvalue weighted by molar-refractivity contribution is 5.69. The Hall–Kier alpha value is -1.25. The third-order valence-corrected chi connectivity index (χ3v) is 2.11. The molecule has 0 saturated carbocycles. The number of aromatic nitrogens is 1. The summed E-state index contributed by atoms with van der Waals surface area (Å²) in [6.07, 6.45) is 1.93. The van der Waals surface area contributed by atoms with Crippen LogP contribution in [0.5, 0.6) is 0 Å². The van der Waals surface area contributed by atoms with Gasteiger partial charge in [-0.1, -0.05) is 13.8 Å². The molecular formula is C9H13N3. The summed E-state index contributed by atoms with van der Waals surface area (Å²) in [5.74, 6) is 1.52. The molecular weight excluding hydrogens is 150 g/mol. The van der Waals surface area contributed by atoms with Crippen LogP contribution in [0.2, 0.25) is 0 Å². The standard InChI is InChI=1S/C9H13N3/c1-6(2)7-3-8-9(10-4-7)12-5-11-8/h3-4,6,11H,5H2,1-2H3,(H,10,12). The van der Waals surface area contributed by atoms with Crippen molar-refractivity contribution in [3.05, 3.63) is 17.8 Å². The fourth-order valence-electron chi connectivity index (χ4n) is 1.30. The molecule has 0 saturated heterocycles. The first kappa shape index (κ1) is 7.40. The molecule has 0 atom stereocenters. The minimum atomic E-state index is 0.546. The van der Waals surface area contributed by atoms with E-state index in [1.54, 1.807) is 0 Å². The lowest BCUT2D eigenvalue weighted by Gasteiger charge is -2.05. The van der Waals surface area contributed by atoms with E-state index in [0.29, 0.717) is 5.92 Å². The average Bonchev–Trinajstić information content (AvgIpc) is 2.49. The van der Waals surface area contributed by atoms with Crippen molar-refractivity contribution < 1.29 is 0 Å². The van der Waals surface area contributed by atoms with Gasteiger partial charge in [0.1, 0.15) is 0 Å². The molecule has 2 N–H and O–H groups in total. The van der Waals surface area contributed by atoms with E-state index in [4.69, 9.17) is 0 Å². The van der Waals surface area contributed by atoms with Crippen molar-refractivity contribution in [2.45, 2.75) is 19.8 Å². The number of rotatable bonds is 1. The van der Waals surface area contributed by atoms with Crippen LogP contribution >= 0.6 is 0 Å². The number of nitrogens with zero attached hydrogens (tertiary/aromatic N) is 1. The SMILES string of the molecule is CC(C)c1cnc2c(c1)NCN2. The number of hydrogen-bond donors (Lipinski definition) is 2. The molecule has 0 aromatic carbocycles. The second-order valence-corrected chi connectivity index (χ2v) is 3.35. The van der Waals surface area contributed by atoms with E-state index < -0.39 is 0 Å². The van der Waals surface area contributed by atoms with Crippen LogP contribution in [0.4, 0.5) is 11.5 Å². The molecule has 1 aliphatic rings. The van der Waals surface area contributed by atoms with Crippen LogP contribution in [0, 0.1) is 0 Å². The van der Waals surface area contributed by atoms with Gasteiger partial charge in [-0.15, -0.1) is 0 Å². The zero-order chi connectivity index (χ0) is 8.55. The van der Waals surface area contributed by atoms with Gasteiger partial charge in [-0.3, -0.25) is 0 Å². The lowest BCUT2D eigenvalue weighted by Crippen LogP contribution is -1.99. The first-order valence-electron chi connectivity index (χ1n) is 4.25. The molecule has 64 valence electrons. The number of pyridine rings is 1. The van der Waals surface area contributed by atoms with Crippen LogP contribution in [-0.4, -0.2) is 11.7 Å². The summed E-state index contributed by atoms with van der Waals surface area (Å²) >= 11 is 0. The minimum absolute atomic E-state index is 0.546. The Morgan fingerprint density at radius 2 is 2.25 bits per heavy atom. The molecule has 2 heterocycles. The maximum atomic E-state index is 4.31. The topological polar surface area (TPSA) is 37.0 Å². The number of fused-ring (bicyclic) bond motifs is 1. The van der Waals surface area contributed by atoms with Crippen LogP contribution in [0.15, 0.2) is 12.3 Å². The van der Waals surface area contributed by atoms with Gasteiger partial charge >= 0.3 is 0 Å². The fourth-order valence-corrected chi connectivity index (χ4v) is 1.30. The number of hydrogen-bond acceptors (Lipinski definition) is 3. The maximum Gasteiger partial charge on any atom is 0.150 e. The normalized spacial score (nSPS) is 13.9. The van der Waals surface area contributed by atoms with Crippen molar-refractivity contribution in [1.29, 1.82) is 0 Å². The van der Waals surface area contributed by atoms with Crippen LogP contribution in [0.3, 0.4) is 0 Å².